The van der Waals surface area contributed by atoms with E-state index in [4.69, 9.17) is 9.47 Å². The molecule has 2 fully saturated rings. The fourth-order valence-electron chi connectivity index (χ4n) is 4.10. The van der Waals surface area contributed by atoms with Gasteiger partial charge in [-0.15, -0.1) is 0 Å². The van der Waals surface area contributed by atoms with E-state index < -0.39 is 0 Å². The zero-order valence-electron chi connectivity index (χ0n) is 16.2. The lowest BCUT2D eigenvalue weighted by Gasteiger charge is -2.46. The number of ether oxygens (including phenoxy) is 2. The molecule has 1 atom stereocenters. The zero-order valence-corrected chi connectivity index (χ0v) is 16.2. The van der Waals surface area contributed by atoms with Gasteiger partial charge in [0.1, 0.15) is 0 Å². The molecule has 2 amide bonds. The summed E-state index contributed by atoms with van der Waals surface area (Å²) in [5.41, 5.74) is 0.471. The van der Waals surface area contributed by atoms with E-state index in [1.54, 1.807) is 32.4 Å². The van der Waals surface area contributed by atoms with Crippen LogP contribution in [0.15, 0.2) is 18.3 Å². The maximum Gasteiger partial charge on any atom is 0.255 e. The van der Waals surface area contributed by atoms with Gasteiger partial charge < -0.3 is 19.7 Å². The molecule has 148 valence electrons. The monoisotopic (exact) mass is 375 g/mol. The van der Waals surface area contributed by atoms with Crippen LogP contribution in [0.1, 0.15) is 49.4 Å². The largest absolute Gasteiger partial charge is 0.481 e. The molecule has 0 saturated carbocycles. The molecule has 0 aliphatic carbocycles. The molecule has 27 heavy (non-hydrogen) atoms. The van der Waals surface area contributed by atoms with Crippen molar-refractivity contribution in [1.82, 2.24) is 15.2 Å². The highest BCUT2D eigenvalue weighted by Crippen LogP contribution is 2.38. The van der Waals surface area contributed by atoms with Crippen LogP contribution < -0.4 is 10.1 Å². The number of aromatic nitrogens is 1. The smallest absolute Gasteiger partial charge is 0.255 e. The molecule has 3 heterocycles. The molecule has 1 unspecified atom stereocenters. The first kappa shape index (κ1) is 19.6. The highest BCUT2D eigenvalue weighted by atomic mass is 16.5. The van der Waals surface area contributed by atoms with E-state index in [-0.39, 0.29) is 17.4 Å². The Morgan fingerprint density at radius 2 is 2.15 bits per heavy atom. The van der Waals surface area contributed by atoms with E-state index in [0.29, 0.717) is 30.5 Å². The fourth-order valence-corrected chi connectivity index (χ4v) is 4.10. The number of hydrogen-bond acceptors (Lipinski definition) is 5. The zero-order chi connectivity index (χ0) is 19.3. The minimum absolute atomic E-state index is 0.0121. The molecular formula is C20H29N3O4. The molecule has 1 spiro atoms. The number of pyridine rings is 1. The molecule has 2 aliphatic rings. The summed E-state index contributed by atoms with van der Waals surface area (Å²) < 4.78 is 11.2. The first-order chi connectivity index (χ1) is 13.0. The van der Waals surface area contributed by atoms with Crippen molar-refractivity contribution in [2.24, 2.45) is 5.92 Å². The van der Waals surface area contributed by atoms with Crippen LogP contribution in [0.2, 0.25) is 0 Å². The SMILES string of the molecule is COc1ccc(C(=O)N2CCC3(CC2)CC(CCNC(C)=O)CCO3)cn1. The topological polar surface area (TPSA) is 80.8 Å². The number of amides is 2. The summed E-state index contributed by atoms with van der Waals surface area (Å²) in [6, 6.07) is 3.47. The molecule has 0 bridgehead atoms. The van der Waals surface area contributed by atoms with Crippen molar-refractivity contribution in [2.75, 3.05) is 33.4 Å². The molecule has 1 aromatic heterocycles. The predicted molar refractivity (Wildman–Crippen MR) is 101 cm³/mol. The van der Waals surface area contributed by atoms with Crippen molar-refractivity contribution in [3.05, 3.63) is 23.9 Å². The number of carbonyl (C=O) groups excluding carboxylic acids is 2. The molecule has 0 aromatic carbocycles. The summed E-state index contributed by atoms with van der Waals surface area (Å²) in [4.78, 5) is 29.8. The number of hydrogen-bond donors (Lipinski definition) is 1. The first-order valence-corrected chi connectivity index (χ1v) is 9.69. The van der Waals surface area contributed by atoms with Crippen molar-refractivity contribution in [1.29, 1.82) is 0 Å². The van der Waals surface area contributed by atoms with Gasteiger partial charge in [0.15, 0.2) is 0 Å². The fraction of sp³-hybridized carbons (Fsp3) is 0.650. The highest BCUT2D eigenvalue weighted by Gasteiger charge is 2.41. The summed E-state index contributed by atoms with van der Waals surface area (Å²) >= 11 is 0. The highest BCUT2D eigenvalue weighted by molar-refractivity contribution is 5.94. The number of nitrogens with zero attached hydrogens (tertiary/aromatic N) is 2. The van der Waals surface area contributed by atoms with Gasteiger partial charge in [0.2, 0.25) is 11.8 Å². The summed E-state index contributed by atoms with van der Waals surface area (Å²) in [7, 11) is 1.56. The lowest BCUT2D eigenvalue weighted by molar-refractivity contribution is -0.125. The van der Waals surface area contributed by atoms with E-state index in [2.05, 4.69) is 10.3 Å². The Bertz CT molecular complexity index is 654. The Kier molecular flexibility index (Phi) is 6.31. The van der Waals surface area contributed by atoms with Crippen LogP contribution in [0.3, 0.4) is 0 Å². The molecule has 1 N–H and O–H groups in total. The Labute approximate surface area is 160 Å². The van der Waals surface area contributed by atoms with Gasteiger partial charge in [0.05, 0.1) is 18.3 Å². The standard InChI is InChI=1S/C20H29N3O4/c1-15(24)21-9-5-16-6-12-27-20(13-16)7-10-23(11-8-20)19(25)17-3-4-18(26-2)22-14-17/h3-4,14,16H,5-13H2,1-2H3,(H,21,24). The number of carbonyl (C=O) groups is 2. The Morgan fingerprint density at radius 3 is 2.78 bits per heavy atom. The van der Waals surface area contributed by atoms with Crippen LogP contribution in [-0.4, -0.2) is 60.7 Å². The van der Waals surface area contributed by atoms with Crippen molar-refractivity contribution in [3.8, 4) is 5.88 Å². The lowest BCUT2D eigenvalue weighted by atomic mass is 9.78. The van der Waals surface area contributed by atoms with Crippen LogP contribution in [-0.2, 0) is 9.53 Å². The van der Waals surface area contributed by atoms with Gasteiger partial charge in [-0.3, -0.25) is 9.59 Å². The van der Waals surface area contributed by atoms with E-state index in [1.165, 1.54) is 0 Å². The minimum Gasteiger partial charge on any atom is -0.481 e. The second-order valence-electron chi connectivity index (χ2n) is 7.54. The number of piperidine rings is 1. The van der Waals surface area contributed by atoms with Crippen LogP contribution in [0.5, 0.6) is 5.88 Å². The Morgan fingerprint density at radius 1 is 1.37 bits per heavy atom. The average molecular weight is 375 g/mol. The summed E-state index contributed by atoms with van der Waals surface area (Å²) in [5.74, 6) is 1.11. The molecule has 1 aromatic rings. The number of likely N-dealkylation sites (tertiary alicyclic amines) is 1. The number of methoxy groups -OCH3 is 1. The van der Waals surface area contributed by atoms with Crippen molar-refractivity contribution in [2.45, 2.75) is 44.6 Å². The summed E-state index contributed by atoms with van der Waals surface area (Å²) in [6.45, 7) is 4.44. The number of rotatable bonds is 5. The molecular weight excluding hydrogens is 346 g/mol. The van der Waals surface area contributed by atoms with Crippen molar-refractivity contribution in [3.63, 3.8) is 0 Å². The van der Waals surface area contributed by atoms with Gasteiger partial charge in [-0.05, 0) is 44.1 Å². The maximum absolute atomic E-state index is 12.7. The molecule has 0 radical (unpaired) electrons. The first-order valence-electron chi connectivity index (χ1n) is 9.69. The third-order valence-corrected chi connectivity index (χ3v) is 5.68. The summed E-state index contributed by atoms with van der Waals surface area (Å²) in [5, 5.41) is 2.88. The van der Waals surface area contributed by atoms with Crippen LogP contribution >= 0.6 is 0 Å². The van der Waals surface area contributed by atoms with E-state index >= 15 is 0 Å². The second-order valence-corrected chi connectivity index (χ2v) is 7.54. The third kappa shape index (κ3) is 4.97. The van der Waals surface area contributed by atoms with Crippen molar-refractivity contribution < 1.29 is 19.1 Å². The Balaban J connectivity index is 1.52. The second kappa shape index (κ2) is 8.69. The minimum atomic E-state index is -0.117. The van der Waals surface area contributed by atoms with Gasteiger partial charge in [0.25, 0.3) is 5.91 Å². The van der Waals surface area contributed by atoms with E-state index in [1.807, 2.05) is 4.90 Å². The van der Waals surface area contributed by atoms with Gasteiger partial charge in [-0.2, -0.15) is 0 Å². The predicted octanol–water partition coefficient (Wildman–Crippen LogP) is 2.02. The Hall–Kier alpha value is -2.15. The van der Waals surface area contributed by atoms with Crippen LogP contribution in [0, 0.1) is 5.92 Å². The molecule has 2 aliphatic heterocycles. The average Bonchev–Trinajstić information content (AvgIpc) is 2.68. The van der Waals surface area contributed by atoms with Gasteiger partial charge in [-0.25, -0.2) is 4.98 Å². The lowest BCUT2D eigenvalue weighted by Crippen LogP contribution is -2.51. The van der Waals surface area contributed by atoms with Crippen LogP contribution in [0.25, 0.3) is 0 Å². The third-order valence-electron chi connectivity index (χ3n) is 5.68. The normalized spacial score (nSPS) is 21.7. The van der Waals surface area contributed by atoms with E-state index in [0.717, 1.165) is 45.3 Å². The van der Waals surface area contributed by atoms with Gasteiger partial charge in [-0.1, -0.05) is 0 Å². The van der Waals surface area contributed by atoms with Crippen LogP contribution in [0.4, 0.5) is 0 Å². The molecule has 2 saturated heterocycles. The van der Waals surface area contributed by atoms with Gasteiger partial charge in [0, 0.05) is 45.4 Å². The molecule has 7 heteroatoms. The quantitative estimate of drug-likeness (QED) is 0.852. The van der Waals surface area contributed by atoms with E-state index in [9.17, 15) is 9.59 Å². The van der Waals surface area contributed by atoms with Gasteiger partial charge >= 0.3 is 0 Å². The maximum atomic E-state index is 12.7. The number of nitrogens with one attached hydrogen (secondary N) is 1. The molecule has 7 nitrogen and oxygen atoms in total. The van der Waals surface area contributed by atoms with Crippen molar-refractivity contribution >= 4 is 11.8 Å². The molecule has 3 rings (SSSR count). The summed E-state index contributed by atoms with van der Waals surface area (Å²) in [6.07, 6.45) is 6.34.